The number of rotatable bonds is 2. The Balaban J connectivity index is 2.21. The van der Waals surface area contributed by atoms with Crippen molar-refractivity contribution in [1.82, 2.24) is 0 Å². The van der Waals surface area contributed by atoms with E-state index in [2.05, 4.69) is 40.2 Å². The molecule has 0 aromatic heterocycles. The second-order valence-electron chi connectivity index (χ2n) is 5.05. The van der Waals surface area contributed by atoms with Crippen LogP contribution in [0.5, 0.6) is 0 Å². The number of benzene rings is 3. The summed E-state index contributed by atoms with van der Waals surface area (Å²) in [4.78, 5) is -0.208. The first-order chi connectivity index (χ1) is 10.1. The van der Waals surface area contributed by atoms with E-state index in [1.54, 1.807) is 12.1 Å². The number of halogens is 3. The lowest BCUT2D eigenvalue weighted by atomic mass is 9.94. The van der Waals surface area contributed by atoms with E-state index < -0.39 is 0 Å². The van der Waals surface area contributed by atoms with Crippen molar-refractivity contribution in [3.8, 4) is 0 Å². The molecule has 3 aromatic carbocycles. The molecule has 0 bridgehead atoms. The zero-order valence-electron chi connectivity index (χ0n) is 11.4. The fourth-order valence-electron chi connectivity index (χ4n) is 2.60. The molecule has 0 aliphatic carbocycles. The van der Waals surface area contributed by atoms with E-state index in [9.17, 15) is 4.39 Å². The van der Waals surface area contributed by atoms with Crippen LogP contribution in [0.2, 0.25) is 5.02 Å². The quantitative estimate of drug-likeness (QED) is 0.460. The highest BCUT2D eigenvalue weighted by Crippen LogP contribution is 2.39. The molecule has 3 heteroatoms. The summed E-state index contributed by atoms with van der Waals surface area (Å²) in [7, 11) is 0. The molecule has 0 nitrogen and oxygen atoms in total. The standard InChI is InChI=1S/C18H13BrClF/c1-11-6-7-12-4-2-3-5-14(12)17(11)18(19)15-9-8-13(20)10-16(15)21/h2-10,18H,1H3. The smallest absolute Gasteiger partial charge is 0.129 e. The van der Waals surface area contributed by atoms with Gasteiger partial charge < -0.3 is 0 Å². The number of hydrogen-bond acceptors (Lipinski definition) is 0. The van der Waals surface area contributed by atoms with Gasteiger partial charge in [-0.05, 0) is 41.0 Å². The molecular weight excluding hydrogens is 351 g/mol. The molecule has 1 atom stereocenters. The van der Waals surface area contributed by atoms with Crippen LogP contribution in [0, 0.1) is 12.7 Å². The third-order valence-electron chi connectivity index (χ3n) is 3.68. The largest absolute Gasteiger partial charge is 0.207 e. The maximum absolute atomic E-state index is 14.2. The minimum Gasteiger partial charge on any atom is -0.207 e. The van der Waals surface area contributed by atoms with Crippen molar-refractivity contribution < 1.29 is 4.39 Å². The van der Waals surface area contributed by atoms with Crippen molar-refractivity contribution in [3.05, 3.63) is 82.1 Å². The van der Waals surface area contributed by atoms with Crippen LogP contribution in [0.25, 0.3) is 10.8 Å². The molecule has 0 aliphatic heterocycles. The van der Waals surface area contributed by atoms with Crippen LogP contribution in [0.4, 0.5) is 4.39 Å². The van der Waals surface area contributed by atoms with Gasteiger partial charge in [0.1, 0.15) is 5.82 Å². The highest BCUT2D eigenvalue weighted by Gasteiger charge is 2.19. The minimum atomic E-state index is -0.295. The van der Waals surface area contributed by atoms with Gasteiger partial charge in [0.2, 0.25) is 0 Å². The fourth-order valence-corrected chi connectivity index (χ4v) is 3.74. The second-order valence-corrected chi connectivity index (χ2v) is 6.40. The summed E-state index contributed by atoms with van der Waals surface area (Å²) in [6, 6.07) is 17.1. The van der Waals surface area contributed by atoms with Gasteiger partial charge >= 0.3 is 0 Å². The molecule has 0 saturated heterocycles. The fraction of sp³-hybridized carbons (Fsp3) is 0.111. The number of hydrogen-bond donors (Lipinski definition) is 0. The van der Waals surface area contributed by atoms with Crippen molar-refractivity contribution in [2.45, 2.75) is 11.8 Å². The molecule has 0 radical (unpaired) electrons. The normalized spacial score (nSPS) is 12.6. The van der Waals surface area contributed by atoms with Crippen molar-refractivity contribution in [2.24, 2.45) is 0 Å². The van der Waals surface area contributed by atoms with Crippen LogP contribution >= 0.6 is 27.5 Å². The summed E-state index contributed by atoms with van der Waals surface area (Å²) >= 11 is 9.50. The first-order valence-corrected chi connectivity index (χ1v) is 7.94. The van der Waals surface area contributed by atoms with Gasteiger partial charge in [0.15, 0.2) is 0 Å². The lowest BCUT2D eigenvalue weighted by Crippen LogP contribution is -2.00. The lowest BCUT2D eigenvalue weighted by Gasteiger charge is -2.17. The van der Waals surface area contributed by atoms with E-state index in [4.69, 9.17) is 11.6 Å². The molecule has 0 heterocycles. The van der Waals surface area contributed by atoms with E-state index in [0.717, 1.165) is 21.9 Å². The van der Waals surface area contributed by atoms with E-state index in [1.807, 2.05) is 19.1 Å². The summed E-state index contributed by atoms with van der Waals surface area (Å²) in [5.74, 6) is -0.295. The van der Waals surface area contributed by atoms with Gasteiger partial charge in [-0.3, -0.25) is 0 Å². The molecule has 0 saturated carbocycles. The average Bonchev–Trinajstić information content (AvgIpc) is 2.46. The van der Waals surface area contributed by atoms with Crippen LogP contribution in [0.3, 0.4) is 0 Å². The van der Waals surface area contributed by atoms with Crippen molar-refractivity contribution in [3.63, 3.8) is 0 Å². The first-order valence-electron chi connectivity index (χ1n) is 6.65. The average molecular weight is 364 g/mol. The highest BCUT2D eigenvalue weighted by atomic mass is 79.9. The monoisotopic (exact) mass is 362 g/mol. The number of fused-ring (bicyclic) bond motifs is 1. The molecule has 0 fully saturated rings. The Bertz CT molecular complexity index is 813. The Morgan fingerprint density at radius 2 is 1.81 bits per heavy atom. The Hall–Kier alpha value is -1.38. The van der Waals surface area contributed by atoms with Gasteiger partial charge in [-0.2, -0.15) is 0 Å². The molecular formula is C18H13BrClF. The molecule has 3 aromatic rings. The van der Waals surface area contributed by atoms with Crippen LogP contribution in [-0.4, -0.2) is 0 Å². The summed E-state index contributed by atoms with van der Waals surface area (Å²) < 4.78 is 14.2. The van der Waals surface area contributed by atoms with Gasteiger partial charge in [0, 0.05) is 10.6 Å². The van der Waals surface area contributed by atoms with Gasteiger partial charge in [0.05, 0.1) is 4.83 Å². The molecule has 21 heavy (non-hydrogen) atoms. The molecule has 1 unspecified atom stereocenters. The third-order valence-corrected chi connectivity index (χ3v) is 4.86. The van der Waals surface area contributed by atoms with Crippen LogP contribution in [0.15, 0.2) is 54.6 Å². The maximum atomic E-state index is 14.2. The third kappa shape index (κ3) is 2.70. The van der Waals surface area contributed by atoms with Gasteiger partial charge in [-0.15, -0.1) is 0 Å². The molecule has 0 N–H and O–H groups in total. The molecule has 0 amide bonds. The lowest BCUT2D eigenvalue weighted by molar-refractivity contribution is 0.614. The molecule has 0 aliphatic rings. The number of aryl methyl sites for hydroxylation is 1. The van der Waals surface area contributed by atoms with E-state index in [-0.39, 0.29) is 10.6 Å². The van der Waals surface area contributed by atoms with Crippen LogP contribution in [-0.2, 0) is 0 Å². The van der Waals surface area contributed by atoms with E-state index >= 15 is 0 Å². The zero-order valence-corrected chi connectivity index (χ0v) is 13.7. The highest BCUT2D eigenvalue weighted by molar-refractivity contribution is 9.09. The molecule has 0 spiro atoms. The predicted octanol–water partition coefficient (Wildman–Crippen LogP) is 6.43. The van der Waals surface area contributed by atoms with E-state index in [1.165, 1.54) is 6.07 Å². The Kier molecular flexibility index (Phi) is 4.01. The Morgan fingerprint density at radius 3 is 2.57 bits per heavy atom. The second kappa shape index (κ2) is 5.78. The minimum absolute atomic E-state index is 0.208. The predicted molar refractivity (Wildman–Crippen MR) is 90.9 cm³/mol. The SMILES string of the molecule is Cc1ccc2ccccc2c1C(Br)c1ccc(Cl)cc1F. The van der Waals surface area contributed by atoms with Gasteiger partial charge in [-0.1, -0.05) is 70.0 Å². The first kappa shape index (κ1) is 14.6. The maximum Gasteiger partial charge on any atom is 0.129 e. The van der Waals surface area contributed by atoms with Gasteiger partial charge in [-0.25, -0.2) is 4.39 Å². The Morgan fingerprint density at radius 1 is 1.05 bits per heavy atom. The summed E-state index contributed by atoms with van der Waals surface area (Å²) in [5.41, 5.74) is 2.82. The van der Waals surface area contributed by atoms with Gasteiger partial charge in [0.25, 0.3) is 0 Å². The number of alkyl halides is 1. The summed E-state index contributed by atoms with van der Waals surface area (Å²) in [5, 5.41) is 2.69. The Labute approximate surface area is 136 Å². The molecule has 106 valence electrons. The molecule has 3 rings (SSSR count). The van der Waals surface area contributed by atoms with Crippen molar-refractivity contribution in [2.75, 3.05) is 0 Å². The summed E-state index contributed by atoms with van der Waals surface area (Å²) in [6.07, 6.45) is 0. The zero-order chi connectivity index (χ0) is 15.0. The van der Waals surface area contributed by atoms with Crippen molar-refractivity contribution >= 4 is 38.3 Å². The van der Waals surface area contributed by atoms with Crippen molar-refractivity contribution in [1.29, 1.82) is 0 Å². The van der Waals surface area contributed by atoms with Crippen LogP contribution < -0.4 is 0 Å². The van der Waals surface area contributed by atoms with E-state index in [0.29, 0.717) is 10.6 Å². The summed E-state index contributed by atoms with van der Waals surface area (Å²) in [6.45, 7) is 2.05. The van der Waals surface area contributed by atoms with Crippen LogP contribution in [0.1, 0.15) is 21.5 Å². The topological polar surface area (TPSA) is 0 Å².